The topological polar surface area (TPSA) is 61.6 Å². The average Bonchev–Trinajstić information content (AvgIpc) is 2.90. The molecule has 1 saturated heterocycles. The monoisotopic (exact) mass is 362 g/mol. The van der Waals surface area contributed by atoms with Crippen LogP contribution in [0, 0.1) is 13.8 Å². The fourth-order valence-corrected chi connectivity index (χ4v) is 3.20. The molecule has 1 amide bonds. The highest BCUT2D eigenvalue weighted by Crippen LogP contribution is 2.20. The largest absolute Gasteiger partial charge is 0.361 e. The third-order valence-electron chi connectivity index (χ3n) is 4.54. The highest BCUT2D eigenvalue weighted by Gasteiger charge is 2.21. The Morgan fingerprint density at radius 2 is 1.88 bits per heavy atom. The highest BCUT2D eigenvalue weighted by atomic mass is 35.5. The van der Waals surface area contributed by atoms with Crippen molar-refractivity contribution in [3.63, 3.8) is 0 Å². The summed E-state index contributed by atoms with van der Waals surface area (Å²) >= 11 is 6.08. The summed E-state index contributed by atoms with van der Waals surface area (Å²) < 4.78 is 5.23. The van der Waals surface area contributed by atoms with Crippen LogP contribution in [0.15, 0.2) is 28.8 Å². The molecule has 0 spiro atoms. The molecule has 1 aliphatic rings. The first-order valence-electron chi connectivity index (χ1n) is 8.44. The van der Waals surface area contributed by atoms with Gasteiger partial charge in [-0.25, -0.2) is 0 Å². The van der Waals surface area contributed by atoms with Crippen molar-refractivity contribution < 1.29 is 9.32 Å². The smallest absolute Gasteiger partial charge is 0.238 e. The van der Waals surface area contributed by atoms with Crippen LogP contribution in [-0.4, -0.2) is 53.6 Å². The first-order valence-corrected chi connectivity index (χ1v) is 8.81. The van der Waals surface area contributed by atoms with E-state index in [0.717, 1.165) is 44.2 Å². The van der Waals surface area contributed by atoms with E-state index in [2.05, 4.69) is 20.3 Å². The molecule has 1 aromatic heterocycles. The lowest BCUT2D eigenvalue weighted by Gasteiger charge is -2.34. The summed E-state index contributed by atoms with van der Waals surface area (Å²) in [4.78, 5) is 16.7. The summed E-state index contributed by atoms with van der Waals surface area (Å²) in [7, 11) is 0. The van der Waals surface area contributed by atoms with Crippen LogP contribution in [0.1, 0.15) is 17.0 Å². The second kappa shape index (κ2) is 7.99. The number of carbonyl (C=O) groups excluding carboxylic acids is 1. The number of carbonyl (C=O) groups is 1. The lowest BCUT2D eigenvalue weighted by atomic mass is 10.2. The minimum absolute atomic E-state index is 0.0349. The molecule has 134 valence electrons. The van der Waals surface area contributed by atoms with Gasteiger partial charge in [0, 0.05) is 38.3 Å². The zero-order chi connectivity index (χ0) is 17.8. The molecule has 1 fully saturated rings. The highest BCUT2D eigenvalue weighted by molar-refractivity contribution is 6.33. The molecule has 2 aromatic rings. The maximum absolute atomic E-state index is 12.2. The summed E-state index contributed by atoms with van der Waals surface area (Å²) in [5, 5.41) is 7.44. The molecular formula is C18H23ClN4O2. The summed E-state index contributed by atoms with van der Waals surface area (Å²) in [6.07, 6.45) is 0. The Bertz CT molecular complexity index is 719. The van der Waals surface area contributed by atoms with Gasteiger partial charge >= 0.3 is 0 Å². The van der Waals surface area contributed by atoms with Crippen LogP contribution in [0.25, 0.3) is 0 Å². The number of hydrogen-bond acceptors (Lipinski definition) is 5. The van der Waals surface area contributed by atoms with Crippen molar-refractivity contribution in [2.24, 2.45) is 0 Å². The van der Waals surface area contributed by atoms with Gasteiger partial charge in [-0.3, -0.25) is 14.6 Å². The number of para-hydroxylation sites is 1. The third-order valence-corrected chi connectivity index (χ3v) is 4.87. The number of halogens is 1. The van der Waals surface area contributed by atoms with E-state index in [0.29, 0.717) is 17.3 Å². The van der Waals surface area contributed by atoms with Crippen LogP contribution in [0.3, 0.4) is 0 Å². The maximum atomic E-state index is 12.2. The zero-order valence-corrected chi connectivity index (χ0v) is 15.3. The van der Waals surface area contributed by atoms with E-state index in [4.69, 9.17) is 16.1 Å². The number of rotatable bonds is 5. The number of nitrogens with one attached hydrogen (secondary N) is 1. The molecule has 2 heterocycles. The van der Waals surface area contributed by atoms with Crippen molar-refractivity contribution in [3.8, 4) is 0 Å². The van der Waals surface area contributed by atoms with E-state index in [-0.39, 0.29) is 5.91 Å². The summed E-state index contributed by atoms with van der Waals surface area (Å²) in [5.41, 5.74) is 2.79. The molecule has 0 bridgehead atoms. The Hall–Kier alpha value is -1.89. The lowest BCUT2D eigenvalue weighted by Crippen LogP contribution is -2.48. The van der Waals surface area contributed by atoms with Crippen LogP contribution < -0.4 is 5.32 Å². The average molecular weight is 363 g/mol. The van der Waals surface area contributed by atoms with Crippen molar-refractivity contribution in [2.75, 3.05) is 38.0 Å². The van der Waals surface area contributed by atoms with Gasteiger partial charge in [-0.05, 0) is 26.0 Å². The Labute approximate surface area is 152 Å². The van der Waals surface area contributed by atoms with Crippen molar-refractivity contribution >= 4 is 23.2 Å². The van der Waals surface area contributed by atoms with Crippen molar-refractivity contribution in [1.29, 1.82) is 0 Å². The molecule has 7 heteroatoms. The van der Waals surface area contributed by atoms with Gasteiger partial charge in [0.05, 0.1) is 22.9 Å². The quantitative estimate of drug-likeness (QED) is 0.886. The fraction of sp³-hybridized carbons (Fsp3) is 0.444. The number of aromatic nitrogens is 1. The van der Waals surface area contributed by atoms with Gasteiger partial charge in [0.2, 0.25) is 5.91 Å². The number of anilines is 1. The van der Waals surface area contributed by atoms with Gasteiger partial charge in [-0.1, -0.05) is 28.9 Å². The predicted octanol–water partition coefficient (Wildman–Crippen LogP) is 2.70. The second-order valence-corrected chi connectivity index (χ2v) is 6.79. The number of aryl methyl sites for hydroxylation is 2. The van der Waals surface area contributed by atoms with Crippen LogP contribution >= 0.6 is 11.6 Å². The molecule has 25 heavy (non-hydrogen) atoms. The SMILES string of the molecule is Cc1noc(C)c1CN1CCN(CC(=O)Nc2ccccc2Cl)CC1. The maximum Gasteiger partial charge on any atom is 0.238 e. The van der Waals surface area contributed by atoms with Crippen molar-refractivity contribution in [3.05, 3.63) is 46.3 Å². The van der Waals surface area contributed by atoms with Gasteiger partial charge in [-0.2, -0.15) is 0 Å². The van der Waals surface area contributed by atoms with Gasteiger partial charge < -0.3 is 9.84 Å². The number of hydrogen-bond donors (Lipinski definition) is 1. The van der Waals surface area contributed by atoms with Crippen molar-refractivity contribution in [1.82, 2.24) is 15.0 Å². The number of amides is 1. The van der Waals surface area contributed by atoms with Crippen LogP contribution in [-0.2, 0) is 11.3 Å². The minimum Gasteiger partial charge on any atom is -0.361 e. The lowest BCUT2D eigenvalue weighted by molar-refractivity contribution is -0.117. The summed E-state index contributed by atoms with van der Waals surface area (Å²) in [6.45, 7) is 8.71. The Balaban J connectivity index is 1.46. The summed E-state index contributed by atoms with van der Waals surface area (Å²) in [5.74, 6) is 0.853. The molecule has 1 N–H and O–H groups in total. The first-order chi connectivity index (χ1) is 12.0. The molecule has 1 aromatic carbocycles. The zero-order valence-electron chi connectivity index (χ0n) is 14.6. The summed E-state index contributed by atoms with van der Waals surface area (Å²) in [6, 6.07) is 7.28. The van der Waals surface area contributed by atoms with Gasteiger partial charge in [-0.15, -0.1) is 0 Å². The number of benzene rings is 1. The van der Waals surface area contributed by atoms with Crippen LogP contribution in [0.5, 0.6) is 0 Å². The molecule has 0 aliphatic carbocycles. The standard InChI is InChI=1S/C18H23ClN4O2/c1-13-15(14(2)25-21-13)11-22-7-9-23(10-8-22)12-18(24)20-17-6-4-3-5-16(17)19/h3-6H,7-12H2,1-2H3,(H,20,24). The van der Waals surface area contributed by atoms with E-state index >= 15 is 0 Å². The number of piperazine rings is 1. The molecule has 0 saturated carbocycles. The fourth-order valence-electron chi connectivity index (χ4n) is 3.01. The molecule has 0 atom stereocenters. The Morgan fingerprint density at radius 1 is 1.20 bits per heavy atom. The Morgan fingerprint density at radius 3 is 2.52 bits per heavy atom. The third kappa shape index (κ3) is 4.60. The molecule has 0 unspecified atom stereocenters. The Kier molecular flexibility index (Phi) is 5.73. The minimum atomic E-state index is -0.0349. The molecular weight excluding hydrogens is 340 g/mol. The van der Waals surface area contributed by atoms with Gasteiger partial charge in [0.15, 0.2) is 0 Å². The number of nitrogens with zero attached hydrogens (tertiary/aromatic N) is 3. The predicted molar refractivity (Wildman–Crippen MR) is 97.8 cm³/mol. The second-order valence-electron chi connectivity index (χ2n) is 6.38. The van der Waals surface area contributed by atoms with Crippen LogP contribution in [0.2, 0.25) is 5.02 Å². The van der Waals surface area contributed by atoms with Gasteiger partial charge in [0.25, 0.3) is 0 Å². The van der Waals surface area contributed by atoms with E-state index in [9.17, 15) is 4.79 Å². The van der Waals surface area contributed by atoms with E-state index in [1.807, 2.05) is 32.0 Å². The van der Waals surface area contributed by atoms with Crippen molar-refractivity contribution in [2.45, 2.75) is 20.4 Å². The van der Waals surface area contributed by atoms with Gasteiger partial charge in [0.1, 0.15) is 5.76 Å². The molecule has 6 nitrogen and oxygen atoms in total. The van der Waals surface area contributed by atoms with Crippen LogP contribution in [0.4, 0.5) is 5.69 Å². The van der Waals surface area contributed by atoms with E-state index in [1.54, 1.807) is 6.07 Å². The molecule has 3 rings (SSSR count). The van der Waals surface area contributed by atoms with E-state index < -0.39 is 0 Å². The molecule has 0 radical (unpaired) electrons. The molecule has 1 aliphatic heterocycles. The van der Waals surface area contributed by atoms with E-state index in [1.165, 1.54) is 5.56 Å². The normalized spacial score (nSPS) is 16.1. The first kappa shape index (κ1) is 17.9.